The number of H-pyrrole nitrogens is 1. The third-order valence-electron chi connectivity index (χ3n) is 3.16. The minimum atomic E-state index is 0.565. The van der Waals surface area contributed by atoms with Crippen molar-refractivity contribution in [3.05, 3.63) is 47.5 Å². The Bertz CT molecular complexity index is 791. The minimum Gasteiger partial charge on any atom is -0.494 e. The van der Waals surface area contributed by atoms with Crippen molar-refractivity contribution in [2.24, 2.45) is 0 Å². The largest absolute Gasteiger partial charge is 0.494 e. The quantitative estimate of drug-likeness (QED) is 0.492. The normalized spacial score (nSPS) is 10.9. The molecule has 0 spiro atoms. The van der Waals surface area contributed by atoms with Gasteiger partial charge in [0.1, 0.15) is 11.5 Å². The SMILES string of the molecule is CCOc1ccc2nc(SCCOc3ccccc3Cl)[nH]c2c1. The van der Waals surface area contributed by atoms with Crippen molar-refractivity contribution in [1.29, 1.82) is 0 Å². The number of hydrogen-bond acceptors (Lipinski definition) is 4. The first-order chi connectivity index (χ1) is 11.3. The summed E-state index contributed by atoms with van der Waals surface area (Å²) in [5.41, 5.74) is 1.91. The number of rotatable bonds is 7. The Morgan fingerprint density at radius 1 is 1.17 bits per heavy atom. The summed E-state index contributed by atoms with van der Waals surface area (Å²) in [5.74, 6) is 2.34. The first-order valence-electron chi connectivity index (χ1n) is 7.39. The fraction of sp³-hybridized carbons (Fsp3) is 0.235. The molecule has 3 rings (SSSR count). The Labute approximate surface area is 144 Å². The van der Waals surface area contributed by atoms with E-state index in [2.05, 4.69) is 9.97 Å². The molecule has 1 N–H and O–H groups in total. The number of ether oxygens (including phenoxy) is 2. The van der Waals surface area contributed by atoms with Crippen LogP contribution >= 0.6 is 23.4 Å². The highest BCUT2D eigenvalue weighted by atomic mass is 35.5. The standard InChI is InChI=1S/C17H17ClN2O2S/c1-2-21-12-7-8-14-15(11-12)20-17(19-14)23-10-9-22-16-6-4-3-5-13(16)18/h3-8,11H,2,9-10H2,1H3,(H,19,20). The molecule has 1 heterocycles. The number of para-hydroxylation sites is 1. The second-order valence-electron chi connectivity index (χ2n) is 4.78. The third-order valence-corrected chi connectivity index (χ3v) is 4.31. The Hall–Kier alpha value is -1.85. The van der Waals surface area contributed by atoms with E-state index in [1.54, 1.807) is 11.8 Å². The Kier molecular flexibility index (Phi) is 5.31. The molecular weight excluding hydrogens is 332 g/mol. The molecule has 4 nitrogen and oxygen atoms in total. The van der Waals surface area contributed by atoms with Gasteiger partial charge in [-0.25, -0.2) is 4.98 Å². The number of nitrogens with zero attached hydrogens (tertiary/aromatic N) is 1. The maximum Gasteiger partial charge on any atom is 0.166 e. The molecule has 23 heavy (non-hydrogen) atoms. The molecule has 2 aromatic carbocycles. The van der Waals surface area contributed by atoms with Gasteiger partial charge < -0.3 is 14.5 Å². The van der Waals surface area contributed by atoms with Crippen LogP contribution in [0.3, 0.4) is 0 Å². The van der Waals surface area contributed by atoms with Gasteiger partial charge in [0, 0.05) is 11.8 Å². The van der Waals surface area contributed by atoms with Gasteiger partial charge in [-0.2, -0.15) is 0 Å². The lowest BCUT2D eigenvalue weighted by molar-refractivity contribution is 0.340. The molecule has 0 fully saturated rings. The van der Waals surface area contributed by atoms with E-state index in [-0.39, 0.29) is 0 Å². The summed E-state index contributed by atoms with van der Waals surface area (Å²) in [5, 5.41) is 1.50. The molecule has 0 unspecified atom stereocenters. The van der Waals surface area contributed by atoms with E-state index in [0.717, 1.165) is 27.7 Å². The highest BCUT2D eigenvalue weighted by molar-refractivity contribution is 7.99. The molecule has 3 aromatic rings. The maximum atomic E-state index is 6.05. The molecule has 0 aliphatic heterocycles. The van der Waals surface area contributed by atoms with E-state index in [1.165, 1.54) is 0 Å². The molecule has 0 saturated carbocycles. The number of fused-ring (bicyclic) bond motifs is 1. The number of halogens is 1. The van der Waals surface area contributed by atoms with Gasteiger partial charge in [-0.15, -0.1) is 0 Å². The predicted molar refractivity (Wildman–Crippen MR) is 94.9 cm³/mol. The molecule has 0 saturated heterocycles. The zero-order valence-electron chi connectivity index (χ0n) is 12.7. The number of benzene rings is 2. The predicted octanol–water partition coefficient (Wildman–Crippen LogP) is 4.79. The molecule has 1 aromatic heterocycles. The monoisotopic (exact) mass is 348 g/mol. The maximum absolute atomic E-state index is 6.05. The Balaban J connectivity index is 1.56. The van der Waals surface area contributed by atoms with Gasteiger partial charge in [0.25, 0.3) is 0 Å². The summed E-state index contributed by atoms with van der Waals surface area (Å²) in [4.78, 5) is 7.84. The van der Waals surface area contributed by atoms with Gasteiger partial charge in [-0.05, 0) is 31.2 Å². The van der Waals surface area contributed by atoms with Crippen molar-refractivity contribution in [2.45, 2.75) is 12.1 Å². The van der Waals surface area contributed by atoms with E-state index in [1.807, 2.05) is 49.4 Å². The zero-order chi connectivity index (χ0) is 16.1. The van der Waals surface area contributed by atoms with Crippen molar-refractivity contribution in [3.63, 3.8) is 0 Å². The van der Waals surface area contributed by atoms with E-state index in [0.29, 0.717) is 24.0 Å². The van der Waals surface area contributed by atoms with Crippen molar-refractivity contribution in [1.82, 2.24) is 9.97 Å². The molecule has 0 aliphatic rings. The van der Waals surface area contributed by atoms with Crippen LogP contribution in [0.2, 0.25) is 5.02 Å². The number of thioether (sulfide) groups is 1. The van der Waals surface area contributed by atoms with Gasteiger partial charge in [-0.3, -0.25) is 0 Å². The molecule has 0 radical (unpaired) electrons. The molecule has 6 heteroatoms. The van der Waals surface area contributed by atoms with E-state index < -0.39 is 0 Å². The first kappa shape index (κ1) is 16.0. The zero-order valence-corrected chi connectivity index (χ0v) is 14.3. The van der Waals surface area contributed by atoms with Crippen LogP contribution in [0.5, 0.6) is 11.5 Å². The van der Waals surface area contributed by atoms with Crippen LogP contribution in [-0.4, -0.2) is 28.9 Å². The average Bonchev–Trinajstić information content (AvgIpc) is 2.95. The second-order valence-corrected chi connectivity index (χ2v) is 6.27. The van der Waals surface area contributed by atoms with Crippen molar-refractivity contribution in [2.75, 3.05) is 19.0 Å². The minimum absolute atomic E-state index is 0.565. The highest BCUT2D eigenvalue weighted by Gasteiger charge is 2.05. The van der Waals surface area contributed by atoms with Gasteiger partial charge in [-0.1, -0.05) is 35.5 Å². The highest BCUT2D eigenvalue weighted by Crippen LogP contribution is 2.25. The number of aromatic nitrogens is 2. The van der Waals surface area contributed by atoms with E-state index in [4.69, 9.17) is 21.1 Å². The van der Waals surface area contributed by atoms with Crippen LogP contribution in [0.1, 0.15) is 6.92 Å². The van der Waals surface area contributed by atoms with Gasteiger partial charge in [0.15, 0.2) is 5.16 Å². The van der Waals surface area contributed by atoms with Crippen LogP contribution in [0, 0.1) is 0 Å². The average molecular weight is 349 g/mol. The van der Waals surface area contributed by atoms with Crippen LogP contribution in [-0.2, 0) is 0 Å². The first-order valence-corrected chi connectivity index (χ1v) is 8.75. The van der Waals surface area contributed by atoms with Gasteiger partial charge in [0.05, 0.1) is 29.3 Å². The summed E-state index contributed by atoms with van der Waals surface area (Å²) < 4.78 is 11.2. The van der Waals surface area contributed by atoms with Gasteiger partial charge in [0.2, 0.25) is 0 Å². The lowest BCUT2D eigenvalue weighted by Crippen LogP contribution is -2.00. The molecule has 0 atom stereocenters. The molecule has 120 valence electrons. The number of aromatic amines is 1. The summed E-state index contributed by atoms with van der Waals surface area (Å²) in [7, 11) is 0. The summed E-state index contributed by atoms with van der Waals surface area (Å²) in [6.07, 6.45) is 0. The number of nitrogens with one attached hydrogen (secondary N) is 1. The number of hydrogen-bond donors (Lipinski definition) is 1. The molecule has 0 aliphatic carbocycles. The lowest BCUT2D eigenvalue weighted by atomic mass is 10.3. The fourth-order valence-electron chi connectivity index (χ4n) is 2.14. The lowest BCUT2D eigenvalue weighted by Gasteiger charge is -2.06. The van der Waals surface area contributed by atoms with Crippen LogP contribution < -0.4 is 9.47 Å². The fourth-order valence-corrected chi connectivity index (χ4v) is 3.04. The van der Waals surface area contributed by atoms with Crippen molar-refractivity contribution < 1.29 is 9.47 Å². The van der Waals surface area contributed by atoms with E-state index in [9.17, 15) is 0 Å². The Morgan fingerprint density at radius 3 is 2.87 bits per heavy atom. The van der Waals surface area contributed by atoms with Crippen LogP contribution in [0.25, 0.3) is 11.0 Å². The molecule has 0 amide bonds. The van der Waals surface area contributed by atoms with Crippen LogP contribution in [0.4, 0.5) is 0 Å². The smallest absolute Gasteiger partial charge is 0.166 e. The van der Waals surface area contributed by atoms with Gasteiger partial charge >= 0.3 is 0 Å². The topological polar surface area (TPSA) is 47.1 Å². The third kappa shape index (κ3) is 4.12. The van der Waals surface area contributed by atoms with Crippen LogP contribution in [0.15, 0.2) is 47.6 Å². The number of imidazole rings is 1. The second kappa shape index (κ2) is 7.62. The summed E-state index contributed by atoms with van der Waals surface area (Å²) >= 11 is 7.67. The van der Waals surface area contributed by atoms with Crippen molar-refractivity contribution in [3.8, 4) is 11.5 Å². The summed E-state index contributed by atoms with van der Waals surface area (Å²) in [6.45, 7) is 3.19. The molecule has 0 bridgehead atoms. The van der Waals surface area contributed by atoms with E-state index >= 15 is 0 Å². The Morgan fingerprint density at radius 2 is 2.04 bits per heavy atom. The molecular formula is C17H17ClN2O2S. The van der Waals surface area contributed by atoms with Crippen molar-refractivity contribution >= 4 is 34.4 Å². The summed E-state index contributed by atoms with van der Waals surface area (Å²) in [6, 6.07) is 13.3.